The Morgan fingerprint density at radius 3 is 1.85 bits per heavy atom. The quantitative estimate of drug-likeness (QED) is 0.714. The number of rotatable bonds is 2. The van der Waals surface area contributed by atoms with Crippen molar-refractivity contribution < 1.29 is 0 Å². The third-order valence-corrected chi connectivity index (χ3v) is 1.04. The number of anilines is 1. The largest absolute Gasteiger partial charge is 0.362 e. The van der Waals surface area contributed by atoms with E-state index < -0.39 is 0 Å². The highest BCUT2D eigenvalue weighted by Gasteiger charge is 1.79. The number of nitrogens with one attached hydrogen (secondary N) is 1. The van der Waals surface area contributed by atoms with E-state index in [0.29, 0.717) is 0 Å². The van der Waals surface area contributed by atoms with Crippen LogP contribution in [0.25, 0.3) is 0 Å². The fraction of sp³-hybridized carbons (Fsp3) is 0.333. The van der Waals surface area contributed by atoms with E-state index in [1.807, 2.05) is 58.0 Å². The molecule has 0 atom stereocenters. The number of hydrogen-bond donors (Lipinski definition) is 1. The van der Waals surface area contributed by atoms with Crippen molar-refractivity contribution >= 4 is 5.69 Å². The van der Waals surface area contributed by atoms with Crippen LogP contribution in [0.3, 0.4) is 0 Å². The van der Waals surface area contributed by atoms with Crippen LogP contribution in [0.1, 0.15) is 27.7 Å². The second-order valence-electron chi connectivity index (χ2n) is 1.71. The highest BCUT2D eigenvalue weighted by molar-refractivity contribution is 5.44. The van der Waals surface area contributed by atoms with Gasteiger partial charge in [-0.3, -0.25) is 0 Å². The molecule has 0 aliphatic rings. The monoisotopic (exact) mass is 179 g/mol. The van der Waals surface area contributed by atoms with Gasteiger partial charge in [-0.2, -0.15) is 0 Å². The molecule has 0 fully saturated rings. The van der Waals surface area contributed by atoms with Gasteiger partial charge in [0.2, 0.25) is 0 Å². The second kappa shape index (κ2) is 13.4. The molecule has 1 nitrogen and oxygen atoms in total. The molecule has 1 heteroatoms. The molecule has 74 valence electrons. The van der Waals surface area contributed by atoms with Gasteiger partial charge in [0.25, 0.3) is 0 Å². The molecule has 0 saturated carbocycles. The Morgan fingerprint density at radius 1 is 1.00 bits per heavy atom. The lowest BCUT2D eigenvalue weighted by Gasteiger charge is -1.95. The van der Waals surface area contributed by atoms with Crippen molar-refractivity contribution in [3.63, 3.8) is 0 Å². The molecular formula is C12H21N. The fourth-order valence-corrected chi connectivity index (χ4v) is 0.652. The molecule has 0 saturated heterocycles. The average Bonchev–Trinajstić information content (AvgIpc) is 2.26. The molecule has 0 aliphatic carbocycles. The van der Waals surface area contributed by atoms with Gasteiger partial charge in [-0.15, -0.1) is 0 Å². The summed E-state index contributed by atoms with van der Waals surface area (Å²) in [6, 6.07) is 9.91. The van der Waals surface area contributed by atoms with Crippen LogP contribution in [0.2, 0.25) is 0 Å². The lowest BCUT2D eigenvalue weighted by atomic mass is 10.3. The molecule has 1 aromatic carbocycles. The van der Waals surface area contributed by atoms with Crippen LogP contribution in [-0.4, -0.2) is 0 Å². The van der Waals surface area contributed by atoms with Gasteiger partial charge in [0, 0.05) is 5.69 Å². The molecule has 0 unspecified atom stereocenters. The van der Waals surface area contributed by atoms with Crippen molar-refractivity contribution in [3.8, 4) is 0 Å². The molecule has 0 radical (unpaired) electrons. The molecule has 1 rings (SSSR count). The zero-order valence-corrected chi connectivity index (χ0v) is 9.17. The van der Waals surface area contributed by atoms with E-state index in [9.17, 15) is 0 Å². The van der Waals surface area contributed by atoms with Gasteiger partial charge in [-0.05, 0) is 18.3 Å². The number of hydrogen-bond acceptors (Lipinski definition) is 1. The Hall–Kier alpha value is -1.24. The molecule has 1 N–H and O–H groups in total. The van der Waals surface area contributed by atoms with Crippen LogP contribution in [0, 0.1) is 0 Å². The minimum Gasteiger partial charge on any atom is -0.362 e. The summed E-state index contributed by atoms with van der Waals surface area (Å²) in [6.45, 7) is 11.5. The Labute approximate surface area is 82.5 Å². The summed E-state index contributed by atoms with van der Waals surface area (Å²) in [6.07, 6.45) is 1.66. The molecule has 13 heavy (non-hydrogen) atoms. The van der Waals surface area contributed by atoms with Crippen LogP contribution >= 0.6 is 0 Å². The Bertz CT molecular complexity index is 180. The van der Waals surface area contributed by atoms with Crippen molar-refractivity contribution in [1.82, 2.24) is 0 Å². The van der Waals surface area contributed by atoms with Crippen LogP contribution in [-0.2, 0) is 0 Å². The molecule has 0 spiro atoms. The maximum Gasteiger partial charge on any atom is 0.0379 e. The zero-order chi connectivity index (χ0) is 10.5. The van der Waals surface area contributed by atoms with Gasteiger partial charge in [0.15, 0.2) is 0 Å². The highest BCUT2D eigenvalue weighted by Crippen LogP contribution is 2.03. The summed E-state index contributed by atoms with van der Waals surface area (Å²) in [5, 5.41) is 2.97. The zero-order valence-electron chi connectivity index (χ0n) is 9.17. The highest BCUT2D eigenvalue weighted by atomic mass is 14.8. The Kier molecular flexibility index (Phi) is 14.7. The normalized spacial score (nSPS) is 6.77. The van der Waals surface area contributed by atoms with Crippen molar-refractivity contribution in [3.05, 3.63) is 43.1 Å². The summed E-state index contributed by atoms with van der Waals surface area (Å²) in [5.74, 6) is 0. The number of para-hydroxylation sites is 1. The minimum atomic E-state index is 1.08. The van der Waals surface area contributed by atoms with Gasteiger partial charge < -0.3 is 5.32 Å². The van der Waals surface area contributed by atoms with E-state index >= 15 is 0 Å². The van der Waals surface area contributed by atoms with Gasteiger partial charge >= 0.3 is 0 Å². The van der Waals surface area contributed by atoms with Crippen LogP contribution < -0.4 is 5.32 Å². The first-order valence-corrected chi connectivity index (χ1v) is 4.86. The van der Waals surface area contributed by atoms with Crippen molar-refractivity contribution in [2.45, 2.75) is 27.7 Å². The Morgan fingerprint density at radius 2 is 1.46 bits per heavy atom. The smallest absolute Gasteiger partial charge is 0.0379 e. The van der Waals surface area contributed by atoms with Crippen molar-refractivity contribution in [2.24, 2.45) is 0 Å². The fourth-order valence-electron chi connectivity index (χ4n) is 0.652. The first-order chi connectivity index (χ1) is 6.43. The second-order valence-corrected chi connectivity index (χ2v) is 1.71. The van der Waals surface area contributed by atoms with E-state index in [0.717, 1.165) is 5.69 Å². The third-order valence-electron chi connectivity index (χ3n) is 1.04. The van der Waals surface area contributed by atoms with E-state index in [1.165, 1.54) is 0 Å². The van der Waals surface area contributed by atoms with Gasteiger partial charge in [-0.25, -0.2) is 0 Å². The molecule has 0 aliphatic heterocycles. The van der Waals surface area contributed by atoms with Crippen molar-refractivity contribution in [2.75, 3.05) is 5.32 Å². The van der Waals surface area contributed by atoms with E-state index in [-0.39, 0.29) is 0 Å². The standard InChI is InChI=1S/C8H9N.2C2H6/c1-2-9-8-6-4-3-5-7-8;2*1-2/h2-7,9H,1H2;2*1-2H3. The van der Waals surface area contributed by atoms with Crippen LogP contribution in [0.5, 0.6) is 0 Å². The maximum absolute atomic E-state index is 3.54. The Balaban J connectivity index is 0. The summed E-state index contributed by atoms with van der Waals surface area (Å²) >= 11 is 0. The first kappa shape index (κ1) is 14.3. The van der Waals surface area contributed by atoms with E-state index in [4.69, 9.17) is 0 Å². The van der Waals surface area contributed by atoms with Crippen molar-refractivity contribution in [1.29, 1.82) is 0 Å². The summed E-state index contributed by atoms with van der Waals surface area (Å²) in [7, 11) is 0. The third kappa shape index (κ3) is 8.67. The summed E-state index contributed by atoms with van der Waals surface area (Å²) in [5.41, 5.74) is 1.08. The first-order valence-electron chi connectivity index (χ1n) is 4.86. The summed E-state index contributed by atoms with van der Waals surface area (Å²) in [4.78, 5) is 0. The van der Waals surface area contributed by atoms with Crippen LogP contribution in [0.4, 0.5) is 5.69 Å². The van der Waals surface area contributed by atoms with Gasteiger partial charge in [-0.1, -0.05) is 52.5 Å². The molecular weight excluding hydrogens is 158 g/mol. The van der Waals surface area contributed by atoms with Gasteiger partial charge in [0.1, 0.15) is 0 Å². The predicted molar refractivity (Wildman–Crippen MR) is 63.0 cm³/mol. The molecule has 1 aromatic rings. The topological polar surface area (TPSA) is 12.0 Å². The SMILES string of the molecule is C=CNc1ccccc1.CC.CC. The predicted octanol–water partition coefficient (Wildman–Crippen LogP) is 4.29. The van der Waals surface area contributed by atoms with E-state index in [1.54, 1.807) is 6.20 Å². The van der Waals surface area contributed by atoms with E-state index in [2.05, 4.69) is 11.9 Å². The molecule has 0 aromatic heterocycles. The minimum absolute atomic E-state index is 1.08. The van der Waals surface area contributed by atoms with Crippen LogP contribution in [0.15, 0.2) is 43.1 Å². The average molecular weight is 179 g/mol. The van der Waals surface area contributed by atoms with Gasteiger partial charge in [0.05, 0.1) is 0 Å². The molecule has 0 heterocycles. The summed E-state index contributed by atoms with van der Waals surface area (Å²) < 4.78 is 0. The number of benzene rings is 1. The maximum atomic E-state index is 3.54. The lowest BCUT2D eigenvalue weighted by molar-refractivity contribution is 1.50. The molecule has 0 amide bonds. The lowest BCUT2D eigenvalue weighted by Crippen LogP contribution is -1.82. The molecule has 0 bridgehead atoms.